The lowest BCUT2D eigenvalue weighted by Gasteiger charge is -2.31. The lowest BCUT2D eigenvalue weighted by atomic mass is 10.1. The predicted octanol–water partition coefficient (Wildman–Crippen LogP) is -5.16. The van der Waals surface area contributed by atoms with E-state index in [1.807, 2.05) is 0 Å². The first-order valence-electron chi connectivity index (χ1n) is 5.93. The monoisotopic (exact) mass is 300 g/mol. The number of ether oxygens (including phenoxy) is 2. The molecule has 2 saturated heterocycles. The van der Waals surface area contributed by atoms with Gasteiger partial charge in [-0.2, -0.15) is 0 Å². The maximum atomic E-state index is 8.88. The first-order chi connectivity index (χ1) is 9.25. The molecular formula is C10H20O10. The van der Waals surface area contributed by atoms with Crippen molar-refractivity contribution in [3.63, 3.8) is 0 Å². The van der Waals surface area contributed by atoms with Crippen LogP contribution in [-0.4, -0.2) is 103 Å². The van der Waals surface area contributed by atoms with Crippen LogP contribution in [0, 0.1) is 0 Å². The molecule has 0 saturated carbocycles. The molecule has 120 valence electrons. The molecule has 0 aromatic rings. The molecule has 10 heteroatoms. The van der Waals surface area contributed by atoms with E-state index in [0.29, 0.717) is 0 Å². The summed E-state index contributed by atoms with van der Waals surface area (Å²) in [5.74, 6) is 0. The summed E-state index contributed by atoms with van der Waals surface area (Å²) in [6, 6.07) is 0. The summed E-state index contributed by atoms with van der Waals surface area (Å²) in [5.41, 5.74) is 0. The minimum absolute atomic E-state index is 0.153. The zero-order valence-corrected chi connectivity index (χ0v) is 10.4. The van der Waals surface area contributed by atoms with Gasteiger partial charge in [-0.15, -0.1) is 0 Å². The van der Waals surface area contributed by atoms with E-state index < -0.39 is 49.2 Å². The van der Waals surface area contributed by atoms with Crippen LogP contribution in [0.3, 0.4) is 0 Å². The van der Waals surface area contributed by atoms with E-state index in [1.165, 1.54) is 0 Å². The second-order valence-corrected chi connectivity index (χ2v) is 4.54. The molecule has 2 fully saturated rings. The van der Waals surface area contributed by atoms with Crippen molar-refractivity contribution in [3.05, 3.63) is 0 Å². The molecule has 0 aromatic carbocycles. The Morgan fingerprint density at radius 1 is 0.500 bits per heavy atom. The number of hydrogen-bond donors (Lipinski definition) is 8. The van der Waals surface area contributed by atoms with E-state index in [1.54, 1.807) is 0 Å². The van der Waals surface area contributed by atoms with Crippen molar-refractivity contribution in [1.29, 1.82) is 0 Å². The molecule has 2 rings (SSSR count). The average Bonchev–Trinajstić information content (AvgIpc) is 2.43. The highest BCUT2D eigenvalue weighted by atomic mass is 16.6. The molecule has 0 amide bonds. The summed E-state index contributed by atoms with van der Waals surface area (Å²) in [6.07, 6.45) is -10.5. The number of aliphatic hydroxyl groups is 8. The van der Waals surface area contributed by atoms with Gasteiger partial charge in [0.1, 0.15) is 36.6 Å². The minimum atomic E-state index is -1.41. The van der Waals surface area contributed by atoms with Crippen molar-refractivity contribution in [2.24, 2.45) is 0 Å². The van der Waals surface area contributed by atoms with Gasteiger partial charge in [0.2, 0.25) is 0 Å². The number of hydrogen-bond acceptors (Lipinski definition) is 10. The Balaban J connectivity index is 0.000000200. The van der Waals surface area contributed by atoms with Crippen molar-refractivity contribution in [2.75, 3.05) is 13.2 Å². The van der Waals surface area contributed by atoms with Gasteiger partial charge >= 0.3 is 0 Å². The third-order valence-electron chi connectivity index (χ3n) is 2.95. The molecule has 2 heterocycles. The van der Waals surface area contributed by atoms with Gasteiger partial charge in [-0.3, -0.25) is 0 Å². The summed E-state index contributed by atoms with van der Waals surface area (Å²) in [4.78, 5) is 0. The summed E-state index contributed by atoms with van der Waals surface area (Å²) < 4.78 is 8.94. The molecule has 2 aliphatic rings. The predicted molar refractivity (Wildman–Crippen MR) is 60.0 cm³/mol. The van der Waals surface area contributed by atoms with Gasteiger partial charge in [0.05, 0.1) is 13.2 Å². The maximum absolute atomic E-state index is 8.88. The maximum Gasteiger partial charge on any atom is 0.183 e. The molecule has 20 heavy (non-hydrogen) atoms. The van der Waals surface area contributed by atoms with Gasteiger partial charge in [0, 0.05) is 0 Å². The molecule has 0 aromatic heterocycles. The van der Waals surface area contributed by atoms with E-state index in [2.05, 4.69) is 9.47 Å². The van der Waals surface area contributed by atoms with Crippen LogP contribution in [0.25, 0.3) is 0 Å². The number of rotatable bonds is 0. The van der Waals surface area contributed by atoms with Crippen LogP contribution < -0.4 is 0 Å². The summed E-state index contributed by atoms with van der Waals surface area (Å²) >= 11 is 0. The Hall–Kier alpha value is -0.400. The van der Waals surface area contributed by atoms with Gasteiger partial charge in [-0.05, 0) is 0 Å². The molecule has 0 spiro atoms. The topological polar surface area (TPSA) is 180 Å². The van der Waals surface area contributed by atoms with Crippen molar-refractivity contribution in [2.45, 2.75) is 49.2 Å². The molecule has 8 unspecified atom stereocenters. The summed E-state index contributed by atoms with van der Waals surface area (Å²) in [5, 5.41) is 70.5. The molecule has 0 aliphatic carbocycles. The van der Waals surface area contributed by atoms with E-state index in [-0.39, 0.29) is 13.2 Å². The third-order valence-corrected chi connectivity index (χ3v) is 2.95. The lowest BCUT2D eigenvalue weighted by Crippen LogP contribution is -2.52. The second-order valence-electron chi connectivity index (χ2n) is 4.54. The molecule has 2 aliphatic heterocycles. The van der Waals surface area contributed by atoms with E-state index in [4.69, 9.17) is 40.9 Å². The zero-order chi connectivity index (χ0) is 15.4. The molecule has 0 bridgehead atoms. The van der Waals surface area contributed by atoms with Crippen molar-refractivity contribution in [1.82, 2.24) is 0 Å². The van der Waals surface area contributed by atoms with Gasteiger partial charge in [0.15, 0.2) is 12.6 Å². The highest BCUT2D eigenvalue weighted by molar-refractivity contribution is 4.81. The van der Waals surface area contributed by atoms with Gasteiger partial charge in [-0.25, -0.2) is 0 Å². The number of aliphatic hydroxyl groups excluding tert-OH is 8. The molecule has 8 atom stereocenters. The SMILES string of the molecule is OC1COC(O)C(O)C1O.OC1COC(O)C(O)C1O. The summed E-state index contributed by atoms with van der Waals surface area (Å²) in [6.45, 7) is -0.307. The fraction of sp³-hybridized carbons (Fsp3) is 1.00. The van der Waals surface area contributed by atoms with Crippen molar-refractivity contribution >= 4 is 0 Å². The molecule has 10 nitrogen and oxygen atoms in total. The van der Waals surface area contributed by atoms with Crippen LogP contribution in [0.15, 0.2) is 0 Å². The van der Waals surface area contributed by atoms with Crippen molar-refractivity contribution < 1.29 is 50.3 Å². The lowest BCUT2D eigenvalue weighted by molar-refractivity contribution is -0.252. The Bertz CT molecular complexity index is 233. The van der Waals surface area contributed by atoms with Gasteiger partial charge in [-0.1, -0.05) is 0 Å². The Morgan fingerprint density at radius 3 is 1.05 bits per heavy atom. The van der Waals surface area contributed by atoms with Gasteiger partial charge in [0.25, 0.3) is 0 Å². The van der Waals surface area contributed by atoms with Gasteiger partial charge < -0.3 is 50.3 Å². The molecule has 0 radical (unpaired) electrons. The third kappa shape index (κ3) is 4.30. The highest BCUT2D eigenvalue weighted by Gasteiger charge is 2.36. The van der Waals surface area contributed by atoms with E-state index in [0.717, 1.165) is 0 Å². The normalized spacial score (nSPS) is 49.2. The molecular weight excluding hydrogens is 280 g/mol. The minimum Gasteiger partial charge on any atom is -0.388 e. The first-order valence-corrected chi connectivity index (χ1v) is 5.93. The van der Waals surface area contributed by atoms with E-state index >= 15 is 0 Å². The summed E-state index contributed by atoms with van der Waals surface area (Å²) in [7, 11) is 0. The van der Waals surface area contributed by atoms with Crippen LogP contribution >= 0.6 is 0 Å². The Kier molecular flexibility index (Phi) is 6.68. The highest BCUT2D eigenvalue weighted by Crippen LogP contribution is 2.13. The average molecular weight is 300 g/mol. The smallest absolute Gasteiger partial charge is 0.183 e. The van der Waals surface area contributed by atoms with Crippen LogP contribution in [0.4, 0.5) is 0 Å². The second kappa shape index (κ2) is 7.56. The van der Waals surface area contributed by atoms with Crippen LogP contribution in [0.1, 0.15) is 0 Å². The Labute approximate surface area is 114 Å². The van der Waals surface area contributed by atoms with Crippen LogP contribution in [0.2, 0.25) is 0 Å². The fourth-order valence-electron chi connectivity index (χ4n) is 1.58. The molecule has 8 N–H and O–H groups in total. The standard InChI is InChI=1S/2C5H10O5/c2*6-2-1-10-5(9)4(8)3(2)7/h2*2-9H,1H2. The fourth-order valence-corrected chi connectivity index (χ4v) is 1.58. The van der Waals surface area contributed by atoms with Crippen LogP contribution in [-0.2, 0) is 9.47 Å². The Morgan fingerprint density at radius 2 is 0.800 bits per heavy atom. The van der Waals surface area contributed by atoms with E-state index in [9.17, 15) is 0 Å². The van der Waals surface area contributed by atoms with Crippen molar-refractivity contribution in [3.8, 4) is 0 Å². The first kappa shape index (κ1) is 17.7. The quantitative estimate of drug-likeness (QED) is 0.215. The zero-order valence-electron chi connectivity index (χ0n) is 10.4. The largest absolute Gasteiger partial charge is 0.388 e. The van der Waals surface area contributed by atoms with Crippen LogP contribution in [0.5, 0.6) is 0 Å².